The molecule has 0 spiro atoms. The number of anilines is 1. The summed E-state index contributed by atoms with van der Waals surface area (Å²) in [5.41, 5.74) is 1.08. The highest BCUT2D eigenvalue weighted by Crippen LogP contribution is 2.28. The van der Waals surface area contributed by atoms with Crippen molar-refractivity contribution in [3.8, 4) is 22.8 Å². The van der Waals surface area contributed by atoms with E-state index in [2.05, 4.69) is 15.6 Å². The number of para-hydroxylation sites is 1. The van der Waals surface area contributed by atoms with Gasteiger partial charge in [-0.3, -0.25) is 9.59 Å². The molecule has 9 heteroatoms. The van der Waals surface area contributed by atoms with Crippen molar-refractivity contribution in [3.05, 3.63) is 59.7 Å². The molecule has 0 unspecified atom stereocenters. The minimum atomic E-state index is -0.496. The van der Waals surface area contributed by atoms with E-state index in [0.717, 1.165) is 0 Å². The van der Waals surface area contributed by atoms with E-state index in [9.17, 15) is 14.0 Å². The number of hydrogen-bond acceptors (Lipinski definition) is 6. The largest absolute Gasteiger partial charge is 0.494 e. The summed E-state index contributed by atoms with van der Waals surface area (Å²) in [6.07, 6.45) is 0. The lowest BCUT2D eigenvalue weighted by Gasteiger charge is -2.07. The molecule has 2 N–H and O–H groups in total. The Hall–Kier alpha value is -3.46. The van der Waals surface area contributed by atoms with Crippen LogP contribution in [0.15, 0.2) is 53.9 Å². The lowest BCUT2D eigenvalue weighted by atomic mass is 10.1. The third-order valence-electron chi connectivity index (χ3n) is 3.76. The summed E-state index contributed by atoms with van der Waals surface area (Å²) in [4.78, 5) is 28.0. The van der Waals surface area contributed by atoms with Crippen LogP contribution in [0.2, 0.25) is 0 Å². The molecule has 1 aromatic heterocycles. The third-order valence-corrected chi connectivity index (χ3v) is 4.52. The maximum atomic E-state index is 13.8. The van der Waals surface area contributed by atoms with Gasteiger partial charge >= 0.3 is 0 Å². The predicted octanol–water partition coefficient (Wildman–Crippen LogP) is 3.09. The van der Waals surface area contributed by atoms with Crippen molar-refractivity contribution in [1.82, 2.24) is 10.3 Å². The molecule has 0 aliphatic carbocycles. The summed E-state index contributed by atoms with van der Waals surface area (Å²) >= 11 is 1.20. The van der Waals surface area contributed by atoms with Crippen molar-refractivity contribution in [2.45, 2.75) is 0 Å². The molecular weight excluding hydrogens is 397 g/mol. The number of ether oxygens (including phenoxy) is 2. The molecule has 3 rings (SSSR count). The van der Waals surface area contributed by atoms with Crippen LogP contribution in [0.4, 0.5) is 9.52 Å². The summed E-state index contributed by atoms with van der Waals surface area (Å²) in [5, 5.41) is 7.10. The zero-order chi connectivity index (χ0) is 20.6. The van der Waals surface area contributed by atoms with Gasteiger partial charge in [0.25, 0.3) is 5.91 Å². The second-order valence-electron chi connectivity index (χ2n) is 5.81. The second kappa shape index (κ2) is 9.65. The fourth-order valence-corrected chi connectivity index (χ4v) is 3.08. The normalized spacial score (nSPS) is 10.3. The van der Waals surface area contributed by atoms with Gasteiger partial charge < -0.3 is 20.1 Å². The number of nitrogens with zero attached hydrogens (tertiary/aromatic N) is 1. The number of rotatable bonds is 8. The first-order chi connectivity index (χ1) is 14.0. The van der Waals surface area contributed by atoms with Crippen LogP contribution in [0.25, 0.3) is 11.3 Å². The number of thiazole rings is 1. The van der Waals surface area contributed by atoms with Crippen LogP contribution in [0, 0.1) is 5.82 Å². The van der Waals surface area contributed by atoms with Gasteiger partial charge in [0, 0.05) is 10.9 Å². The molecular formula is C20H18FN3O4S. The molecule has 2 amide bonds. The molecule has 0 atom stereocenters. The molecule has 0 aliphatic heterocycles. The maximum absolute atomic E-state index is 13.8. The Labute approximate surface area is 170 Å². The Morgan fingerprint density at radius 3 is 2.66 bits per heavy atom. The van der Waals surface area contributed by atoms with Crippen molar-refractivity contribution in [2.24, 2.45) is 0 Å². The smallest absolute Gasteiger partial charge is 0.258 e. The summed E-state index contributed by atoms with van der Waals surface area (Å²) < 4.78 is 24.0. The number of amides is 2. The van der Waals surface area contributed by atoms with Gasteiger partial charge in [0.2, 0.25) is 5.91 Å². The van der Waals surface area contributed by atoms with Crippen molar-refractivity contribution >= 4 is 28.3 Å². The quantitative estimate of drug-likeness (QED) is 0.590. The molecule has 0 bridgehead atoms. The molecule has 150 valence electrons. The molecule has 2 aromatic carbocycles. The van der Waals surface area contributed by atoms with Crippen LogP contribution in [-0.4, -0.2) is 37.1 Å². The van der Waals surface area contributed by atoms with E-state index < -0.39 is 17.6 Å². The number of methoxy groups -OCH3 is 1. The highest BCUT2D eigenvalue weighted by Gasteiger charge is 2.11. The van der Waals surface area contributed by atoms with E-state index in [4.69, 9.17) is 9.47 Å². The van der Waals surface area contributed by atoms with E-state index in [1.54, 1.807) is 35.7 Å². The monoisotopic (exact) mass is 415 g/mol. The number of benzene rings is 2. The van der Waals surface area contributed by atoms with Gasteiger partial charge in [0.15, 0.2) is 23.3 Å². The Morgan fingerprint density at radius 1 is 1.14 bits per heavy atom. The lowest BCUT2D eigenvalue weighted by molar-refractivity contribution is -0.125. The minimum absolute atomic E-state index is 0.143. The molecule has 0 saturated carbocycles. The van der Waals surface area contributed by atoms with Gasteiger partial charge in [0.05, 0.1) is 19.3 Å². The summed E-state index contributed by atoms with van der Waals surface area (Å²) in [5.74, 6) is -0.636. The number of aromatic nitrogens is 1. The molecule has 0 aliphatic rings. The molecule has 7 nitrogen and oxygen atoms in total. The lowest BCUT2D eigenvalue weighted by Crippen LogP contribution is -2.35. The van der Waals surface area contributed by atoms with Crippen LogP contribution < -0.4 is 20.1 Å². The van der Waals surface area contributed by atoms with E-state index in [1.165, 1.54) is 30.6 Å². The van der Waals surface area contributed by atoms with E-state index >= 15 is 0 Å². The number of carbonyl (C=O) groups is 2. The molecule has 3 aromatic rings. The average Bonchev–Trinajstić information content (AvgIpc) is 3.20. The van der Waals surface area contributed by atoms with E-state index in [-0.39, 0.29) is 18.9 Å². The van der Waals surface area contributed by atoms with Gasteiger partial charge in [-0.05, 0) is 30.3 Å². The second-order valence-corrected chi connectivity index (χ2v) is 6.67. The van der Waals surface area contributed by atoms with Gasteiger partial charge in [0.1, 0.15) is 5.75 Å². The Morgan fingerprint density at radius 2 is 1.93 bits per heavy atom. The van der Waals surface area contributed by atoms with E-state index in [1.807, 2.05) is 6.07 Å². The summed E-state index contributed by atoms with van der Waals surface area (Å²) in [6.45, 7) is -0.412. The van der Waals surface area contributed by atoms with Crippen LogP contribution in [0.3, 0.4) is 0 Å². The van der Waals surface area contributed by atoms with Crippen LogP contribution in [0.1, 0.15) is 0 Å². The first-order valence-electron chi connectivity index (χ1n) is 8.59. The standard InChI is InChI=1S/C20H18FN3O4S/c1-27-17-8-7-13(9-15(17)21)16-12-29-20(23-16)24-18(25)10-22-19(26)11-28-14-5-3-2-4-6-14/h2-9,12H,10-11H2,1H3,(H,22,26)(H,23,24,25). The molecule has 1 heterocycles. The van der Waals surface area contributed by atoms with Gasteiger partial charge in [-0.2, -0.15) is 0 Å². The first kappa shape index (κ1) is 20.3. The van der Waals surface area contributed by atoms with Gasteiger partial charge in [-0.15, -0.1) is 11.3 Å². The predicted molar refractivity (Wildman–Crippen MR) is 108 cm³/mol. The van der Waals surface area contributed by atoms with Crippen molar-refractivity contribution in [3.63, 3.8) is 0 Å². The van der Waals surface area contributed by atoms with Crippen molar-refractivity contribution in [2.75, 3.05) is 25.6 Å². The minimum Gasteiger partial charge on any atom is -0.494 e. The zero-order valence-corrected chi connectivity index (χ0v) is 16.3. The fraction of sp³-hybridized carbons (Fsp3) is 0.150. The molecule has 0 radical (unpaired) electrons. The number of nitrogens with one attached hydrogen (secondary N) is 2. The summed E-state index contributed by atoms with van der Waals surface area (Å²) in [7, 11) is 1.39. The fourth-order valence-electron chi connectivity index (χ4n) is 2.35. The molecule has 29 heavy (non-hydrogen) atoms. The maximum Gasteiger partial charge on any atom is 0.258 e. The SMILES string of the molecule is COc1ccc(-c2csc(NC(=O)CNC(=O)COc3ccccc3)n2)cc1F. The third kappa shape index (κ3) is 5.76. The zero-order valence-electron chi connectivity index (χ0n) is 15.5. The van der Waals surface area contributed by atoms with Crippen molar-refractivity contribution in [1.29, 1.82) is 0 Å². The van der Waals surface area contributed by atoms with Gasteiger partial charge in [-0.25, -0.2) is 9.37 Å². The van der Waals surface area contributed by atoms with Gasteiger partial charge in [-0.1, -0.05) is 18.2 Å². The number of halogens is 1. The highest BCUT2D eigenvalue weighted by atomic mass is 32.1. The van der Waals surface area contributed by atoms with Crippen LogP contribution in [0.5, 0.6) is 11.5 Å². The number of carbonyl (C=O) groups excluding carboxylic acids is 2. The topological polar surface area (TPSA) is 89.6 Å². The Kier molecular flexibility index (Phi) is 6.75. The summed E-state index contributed by atoms with van der Waals surface area (Å²) in [6, 6.07) is 13.4. The van der Waals surface area contributed by atoms with Crippen LogP contribution >= 0.6 is 11.3 Å². The van der Waals surface area contributed by atoms with Crippen LogP contribution in [-0.2, 0) is 9.59 Å². The molecule has 0 saturated heterocycles. The van der Waals surface area contributed by atoms with E-state index in [0.29, 0.717) is 22.1 Å². The highest BCUT2D eigenvalue weighted by molar-refractivity contribution is 7.14. The molecule has 0 fully saturated rings. The Balaban J connectivity index is 1.47. The Bertz CT molecular complexity index is 994. The first-order valence-corrected chi connectivity index (χ1v) is 9.47. The number of hydrogen-bond donors (Lipinski definition) is 2. The average molecular weight is 415 g/mol. The van der Waals surface area contributed by atoms with Crippen molar-refractivity contribution < 1.29 is 23.5 Å².